The molecule has 2 aromatic rings. The Labute approximate surface area is 360 Å². The summed E-state index contributed by atoms with van der Waals surface area (Å²) in [6.07, 6.45) is 8.71. The van der Waals surface area contributed by atoms with Crippen molar-refractivity contribution in [2.45, 2.75) is 154 Å². The minimum absolute atomic E-state index is 0.142. The summed E-state index contributed by atoms with van der Waals surface area (Å²) in [4.78, 5) is 0. The predicted molar refractivity (Wildman–Crippen MR) is 263 cm³/mol. The fourth-order valence-corrected chi connectivity index (χ4v) is 62.4. The summed E-state index contributed by atoms with van der Waals surface area (Å²) < 4.78 is 16.4. The van der Waals surface area contributed by atoms with Gasteiger partial charge in [-0.2, -0.15) is 0 Å². The normalized spacial score (nSPS) is 28.5. The largest absolute Gasteiger partial charge is 0.367 e. The van der Waals surface area contributed by atoms with Crippen LogP contribution in [-0.4, -0.2) is 61.7 Å². The van der Waals surface area contributed by atoms with E-state index in [-0.39, 0.29) is 27.1 Å². The molecule has 320 valence electrons. The summed E-state index contributed by atoms with van der Waals surface area (Å²) in [5, 5.41) is 0. The standard InChI is InChI=1S/C49H83N5Si4/c1-45(2,3)33-50-40-22-18-19-23-41(40)51(34-46(4,5)6)57(50)54(44(32-55(13,14)15)49-29-37-26-38(30-49)28-39(27-37)31-49)58(56(57,16)17)52(35-47(7,8)9)42-24-20-21-25-43(42)53(58)36-48(10,11)12/h18-25,32,37-39H,26-31,33-36H2,1-17H3/b44-32+. The second kappa shape index (κ2) is 13.3. The molecule has 3 heterocycles. The third-order valence-corrected chi connectivity index (χ3v) is 49.4. The zero-order chi connectivity index (χ0) is 42.4. The Kier molecular flexibility index (Phi) is 9.78. The molecule has 0 N–H and O–H groups in total. The zero-order valence-corrected chi connectivity index (χ0v) is 44.2. The van der Waals surface area contributed by atoms with E-state index >= 15 is 0 Å². The van der Waals surface area contributed by atoms with Crippen molar-refractivity contribution in [1.29, 1.82) is 0 Å². The molecule has 0 radical (unpaired) electrons. The van der Waals surface area contributed by atoms with Gasteiger partial charge in [0.2, 0.25) is 0 Å². The van der Waals surface area contributed by atoms with Gasteiger partial charge < -0.3 is 22.5 Å². The van der Waals surface area contributed by atoms with Gasteiger partial charge in [-0.25, -0.2) is 0 Å². The molecule has 0 amide bonds. The Balaban J connectivity index is 1.54. The summed E-state index contributed by atoms with van der Waals surface area (Å²) in [5.41, 5.74) is 11.9. The van der Waals surface area contributed by atoms with Crippen molar-refractivity contribution in [3.63, 3.8) is 0 Å². The van der Waals surface area contributed by atoms with E-state index < -0.39 is 31.3 Å². The Morgan fingerprint density at radius 2 is 0.828 bits per heavy atom. The topological polar surface area (TPSA) is 16.2 Å². The van der Waals surface area contributed by atoms with Crippen LogP contribution < -0.4 is 18.3 Å². The van der Waals surface area contributed by atoms with Crippen molar-refractivity contribution >= 4 is 54.1 Å². The fraction of sp³-hybridized carbons (Fsp3) is 0.714. The number of allylic oxidation sites excluding steroid dienone is 1. The number of benzene rings is 2. The van der Waals surface area contributed by atoms with Gasteiger partial charge in [0.05, 0.1) is 30.8 Å². The quantitative estimate of drug-likeness (QED) is 0.257. The minimum Gasteiger partial charge on any atom is -0.367 e. The van der Waals surface area contributed by atoms with E-state index in [4.69, 9.17) is 0 Å². The van der Waals surface area contributed by atoms with E-state index in [9.17, 15) is 0 Å². The van der Waals surface area contributed by atoms with Crippen LogP contribution in [0.25, 0.3) is 0 Å². The van der Waals surface area contributed by atoms with Crippen molar-refractivity contribution in [2.75, 3.05) is 44.4 Å². The first kappa shape index (κ1) is 42.7. The van der Waals surface area contributed by atoms with Crippen molar-refractivity contribution < 1.29 is 0 Å². The summed E-state index contributed by atoms with van der Waals surface area (Å²) in [6, 6.07) is 19.6. The van der Waals surface area contributed by atoms with Crippen molar-refractivity contribution in [3.8, 4) is 0 Å². The highest BCUT2D eigenvalue weighted by atomic mass is 29.7. The molecule has 4 bridgehead atoms. The average Bonchev–Trinajstić information content (AvgIpc) is 3.46. The van der Waals surface area contributed by atoms with E-state index in [1.807, 2.05) is 5.70 Å². The number of anilines is 4. The average molecular weight is 855 g/mol. The second-order valence-electron chi connectivity index (χ2n) is 26.9. The molecule has 7 aliphatic rings. The van der Waals surface area contributed by atoms with Crippen LogP contribution >= 0.6 is 0 Å². The Bertz CT molecular complexity index is 1710. The molecule has 0 atom stereocenters. The number of hydrogen-bond acceptors (Lipinski definition) is 5. The van der Waals surface area contributed by atoms with Crippen LogP contribution in [0, 0.1) is 44.8 Å². The molecule has 2 aromatic carbocycles. The van der Waals surface area contributed by atoms with Crippen molar-refractivity contribution in [3.05, 3.63) is 59.9 Å². The summed E-state index contributed by atoms with van der Waals surface area (Å²) in [6.45, 7) is 48.6. The van der Waals surface area contributed by atoms with Crippen LogP contribution in [0.1, 0.15) is 122 Å². The highest BCUT2D eigenvalue weighted by Crippen LogP contribution is 2.70. The van der Waals surface area contributed by atoms with E-state index in [1.54, 1.807) is 0 Å². The number of rotatable bonds is 7. The zero-order valence-electron chi connectivity index (χ0n) is 40.2. The van der Waals surface area contributed by atoms with E-state index in [0.29, 0.717) is 0 Å². The fourth-order valence-electron chi connectivity index (χ4n) is 13.9. The molecule has 5 fully saturated rings. The molecule has 4 saturated carbocycles. The lowest BCUT2D eigenvalue weighted by Crippen LogP contribution is -3.12. The third kappa shape index (κ3) is 6.58. The maximum atomic E-state index is 3.59. The molecule has 3 aliphatic heterocycles. The molecule has 0 aromatic heterocycles. The van der Waals surface area contributed by atoms with Crippen LogP contribution in [-0.2, 0) is 0 Å². The van der Waals surface area contributed by atoms with Gasteiger partial charge in [0.1, 0.15) is 0 Å². The first-order chi connectivity index (χ1) is 26.5. The summed E-state index contributed by atoms with van der Waals surface area (Å²) >= 11 is 0. The number of para-hydroxylation sites is 4. The van der Waals surface area contributed by atoms with Crippen LogP contribution in [0.5, 0.6) is 0 Å². The van der Waals surface area contributed by atoms with Crippen LogP contribution in [0.3, 0.4) is 0 Å². The van der Waals surface area contributed by atoms with Gasteiger partial charge in [0, 0.05) is 37.3 Å². The predicted octanol–water partition coefficient (Wildman–Crippen LogP) is 12.9. The third-order valence-electron chi connectivity index (χ3n) is 14.7. The van der Waals surface area contributed by atoms with Gasteiger partial charge >= 0.3 is 16.2 Å². The number of fused-ring (bicyclic) bond motifs is 2. The van der Waals surface area contributed by atoms with E-state index in [2.05, 4.69) is 193 Å². The molecular formula is C49H83N5Si4. The lowest BCUT2D eigenvalue weighted by molar-refractivity contribution is -0.0369. The molecule has 1 saturated heterocycles. The molecule has 9 rings (SSSR count). The second-order valence-corrected chi connectivity index (χ2v) is 54.2. The van der Waals surface area contributed by atoms with E-state index in [0.717, 1.165) is 43.9 Å². The van der Waals surface area contributed by atoms with Gasteiger partial charge in [-0.05, 0) is 102 Å². The smallest absolute Gasteiger partial charge is 0.353 e. The molecule has 2 spiro atoms. The molecule has 5 nitrogen and oxygen atoms in total. The van der Waals surface area contributed by atoms with Gasteiger partial charge in [-0.3, -0.25) is 0 Å². The molecular weight excluding hydrogens is 771 g/mol. The summed E-state index contributed by atoms with van der Waals surface area (Å²) in [7, 11) is -9.67. The Morgan fingerprint density at radius 3 is 1.07 bits per heavy atom. The van der Waals surface area contributed by atoms with Crippen molar-refractivity contribution in [1.82, 2.24) is 4.23 Å². The molecule has 4 aliphatic carbocycles. The highest BCUT2D eigenvalue weighted by Gasteiger charge is 2.93. The lowest BCUT2D eigenvalue weighted by atomic mass is 9.49. The SMILES string of the molecule is CC(C)(C)CN1c2ccccc2N(CC(C)(C)C)[Si]12N(/C(=C/[Si](C)(C)C)C13CC4CC(CC(C4)C1)C3)[Si]1(N(CC(C)(C)C)c3ccccc3N1CC(C)(C)C)[Si]2(C)C. The van der Waals surface area contributed by atoms with Crippen LogP contribution in [0.15, 0.2) is 59.9 Å². The van der Waals surface area contributed by atoms with Gasteiger partial charge in [-0.1, -0.05) is 146 Å². The first-order valence-corrected chi connectivity index (χ1v) is 35.6. The maximum Gasteiger partial charge on any atom is 0.353 e. The minimum atomic E-state index is -2.77. The van der Waals surface area contributed by atoms with Crippen LogP contribution in [0.2, 0.25) is 32.7 Å². The lowest BCUT2D eigenvalue weighted by Gasteiger charge is -2.79. The Hall–Kier alpha value is -1.95. The maximum absolute atomic E-state index is 3.59. The van der Waals surface area contributed by atoms with Crippen molar-refractivity contribution in [2.24, 2.45) is 44.8 Å². The molecule has 58 heavy (non-hydrogen) atoms. The van der Waals surface area contributed by atoms with Gasteiger partial charge in [0.15, 0.2) is 7.11 Å². The number of nitrogens with zero attached hydrogens (tertiary/aromatic N) is 5. The monoisotopic (exact) mass is 854 g/mol. The molecule has 9 heteroatoms. The van der Waals surface area contributed by atoms with Gasteiger partial charge in [-0.15, -0.1) is 0 Å². The number of hydrogen-bond donors (Lipinski definition) is 0. The summed E-state index contributed by atoms with van der Waals surface area (Å²) in [5.74, 6) is 2.69. The highest BCUT2D eigenvalue weighted by molar-refractivity contribution is 7.79. The van der Waals surface area contributed by atoms with Gasteiger partial charge in [0.25, 0.3) is 0 Å². The Morgan fingerprint density at radius 1 is 0.552 bits per heavy atom. The molecule has 0 unspecified atom stereocenters. The van der Waals surface area contributed by atoms with E-state index in [1.165, 1.54) is 61.3 Å². The van der Waals surface area contributed by atoms with Crippen LogP contribution in [0.4, 0.5) is 22.7 Å². The first-order valence-electron chi connectivity index (χ1n) is 23.4.